The van der Waals surface area contributed by atoms with E-state index in [2.05, 4.69) is 30.7 Å². The Morgan fingerprint density at radius 3 is 2.54 bits per heavy atom. The van der Waals surface area contributed by atoms with Crippen LogP contribution in [0.3, 0.4) is 0 Å². The lowest BCUT2D eigenvalue weighted by molar-refractivity contribution is -0.000157. The Balaban J connectivity index is 1.12. The molecule has 1 unspecified atom stereocenters. The van der Waals surface area contributed by atoms with Crippen LogP contribution in [-0.2, 0) is 4.74 Å². The number of nitrogens with zero attached hydrogens (tertiary/aromatic N) is 3. The number of amides is 2. The van der Waals surface area contributed by atoms with Crippen LogP contribution in [0.1, 0.15) is 88.9 Å². The van der Waals surface area contributed by atoms with Gasteiger partial charge in [0.2, 0.25) is 0 Å². The van der Waals surface area contributed by atoms with Crippen molar-refractivity contribution in [2.24, 2.45) is 11.8 Å². The van der Waals surface area contributed by atoms with Crippen molar-refractivity contribution >= 4 is 23.0 Å². The standard InChI is InChI=1S/C34H45FN6O5/c1-34(2,3)46-33(43)40-41-14-6-5-7-26(41)21-10-12-22(13-11-21)39-32(42)24-17-36-31-29(37-19-38-30(24)31)23-15-25(35)28(44-4)16-27(23)45-18-20-8-9-20/h15-17,19-22,26,36H,5-14,18H2,1-4H3,(H,39,42)(H,40,43). The number of fused-ring (bicyclic) bond motifs is 1. The average molecular weight is 637 g/mol. The maximum Gasteiger partial charge on any atom is 0.422 e. The second-order valence-corrected chi connectivity index (χ2v) is 13.8. The molecule has 46 heavy (non-hydrogen) atoms. The van der Waals surface area contributed by atoms with E-state index in [9.17, 15) is 14.0 Å². The summed E-state index contributed by atoms with van der Waals surface area (Å²) in [6.07, 6.45) is 11.7. The summed E-state index contributed by atoms with van der Waals surface area (Å²) >= 11 is 0. The largest absolute Gasteiger partial charge is 0.494 e. The fourth-order valence-electron chi connectivity index (χ4n) is 6.72. The summed E-state index contributed by atoms with van der Waals surface area (Å²) in [7, 11) is 1.42. The van der Waals surface area contributed by atoms with Gasteiger partial charge in [0.15, 0.2) is 11.6 Å². The summed E-state index contributed by atoms with van der Waals surface area (Å²) in [5.41, 5.74) is 4.78. The van der Waals surface area contributed by atoms with E-state index in [1.54, 1.807) is 12.3 Å². The molecule has 2 amide bonds. The van der Waals surface area contributed by atoms with Gasteiger partial charge in [-0.25, -0.2) is 24.2 Å². The van der Waals surface area contributed by atoms with Gasteiger partial charge in [-0.1, -0.05) is 6.42 Å². The number of hydrogen-bond donors (Lipinski definition) is 3. The van der Waals surface area contributed by atoms with Gasteiger partial charge in [-0.05, 0) is 90.0 Å². The van der Waals surface area contributed by atoms with Crippen molar-refractivity contribution in [1.82, 2.24) is 30.7 Å². The summed E-state index contributed by atoms with van der Waals surface area (Å²) < 4.78 is 31.7. The molecule has 1 saturated heterocycles. The number of aromatic amines is 1. The van der Waals surface area contributed by atoms with Gasteiger partial charge in [0.05, 0.1) is 24.8 Å². The molecule has 0 radical (unpaired) electrons. The Hall–Kier alpha value is -3.93. The highest BCUT2D eigenvalue weighted by Crippen LogP contribution is 2.39. The highest BCUT2D eigenvalue weighted by atomic mass is 19.1. The van der Waals surface area contributed by atoms with Gasteiger partial charge in [-0.2, -0.15) is 0 Å². The first kappa shape index (κ1) is 32.0. The molecule has 2 aromatic heterocycles. The van der Waals surface area contributed by atoms with Crippen molar-refractivity contribution < 1.29 is 28.2 Å². The van der Waals surface area contributed by atoms with E-state index in [0.29, 0.717) is 52.0 Å². The Morgan fingerprint density at radius 1 is 1.04 bits per heavy atom. The van der Waals surface area contributed by atoms with E-state index in [1.165, 1.54) is 19.5 Å². The molecule has 1 atom stereocenters. The molecule has 0 bridgehead atoms. The number of halogens is 1. The summed E-state index contributed by atoms with van der Waals surface area (Å²) in [4.78, 5) is 38.1. The summed E-state index contributed by atoms with van der Waals surface area (Å²) in [6.45, 7) is 6.93. The van der Waals surface area contributed by atoms with Crippen LogP contribution >= 0.6 is 0 Å². The van der Waals surface area contributed by atoms with Crippen molar-refractivity contribution in [3.8, 4) is 22.8 Å². The van der Waals surface area contributed by atoms with Gasteiger partial charge < -0.3 is 24.5 Å². The molecule has 248 valence electrons. The minimum Gasteiger partial charge on any atom is -0.494 e. The van der Waals surface area contributed by atoms with Crippen LogP contribution in [0, 0.1) is 17.7 Å². The number of H-pyrrole nitrogens is 1. The van der Waals surface area contributed by atoms with E-state index in [1.807, 2.05) is 20.8 Å². The second-order valence-electron chi connectivity index (χ2n) is 13.8. The van der Waals surface area contributed by atoms with Gasteiger partial charge in [-0.15, -0.1) is 0 Å². The molecule has 12 heteroatoms. The van der Waals surface area contributed by atoms with Gasteiger partial charge in [0.25, 0.3) is 5.91 Å². The Morgan fingerprint density at radius 2 is 1.83 bits per heavy atom. The normalized spacial score (nSPS) is 22.3. The van der Waals surface area contributed by atoms with Crippen molar-refractivity contribution in [3.63, 3.8) is 0 Å². The quantitative estimate of drug-likeness (QED) is 0.255. The highest BCUT2D eigenvalue weighted by Gasteiger charge is 2.35. The van der Waals surface area contributed by atoms with Crippen LogP contribution in [-0.4, -0.2) is 69.9 Å². The molecule has 3 heterocycles. The lowest BCUT2D eigenvalue weighted by Gasteiger charge is -2.42. The molecule has 1 aliphatic heterocycles. The minimum absolute atomic E-state index is 0.0315. The zero-order valence-electron chi connectivity index (χ0n) is 27.2. The predicted octanol–water partition coefficient (Wildman–Crippen LogP) is 6.14. The summed E-state index contributed by atoms with van der Waals surface area (Å²) in [6, 6.07) is 3.19. The molecule has 3 N–H and O–H groups in total. The second kappa shape index (κ2) is 13.4. The maximum absolute atomic E-state index is 14.9. The molecule has 1 aromatic carbocycles. The third-order valence-electron chi connectivity index (χ3n) is 9.22. The number of hydrogen-bond acceptors (Lipinski definition) is 8. The SMILES string of the molecule is COc1cc(OCC2CC2)c(-c2ncnc3c(C(=O)NC4CCC(C5CCCCN5NC(=O)OC(C)(C)C)CC4)c[nH]c23)cc1F. The zero-order chi connectivity index (χ0) is 32.4. The topological polar surface area (TPSA) is 131 Å². The van der Waals surface area contributed by atoms with Crippen LogP contribution in [0.15, 0.2) is 24.7 Å². The molecule has 2 saturated carbocycles. The molecular formula is C34H45FN6O5. The number of carbonyl (C=O) groups excluding carboxylic acids is 2. The highest BCUT2D eigenvalue weighted by molar-refractivity contribution is 6.08. The Bertz CT molecular complexity index is 1560. The van der Waals surface area contributed by atoms with E-state index >= 15 is 0 Å². The lowest BCUT2D eigenvalue weighted by Crippen LogP contribution is -2.55. The third kappa shape index (κ3) is 7.37. The maximum atomic E-state index is 14.9. The Labute approximate surface area is 268 Å². The molecule has 3 fully saturated rings. The number of nitrogens with one attached hydrogen (secondary N) is 3. The number of rotatable bonds is 9. The van der Waals surface area contributed by atoms with E-state index in [4.69, 9.17) is 14.2 Å². The third-order valence-corrected chi connectivity index (χ3v) is 9.22. The smallest absolute Gasteiger partial charge is 0.422 e. The molecule has 11 nitrogen and oxygen atoms in total. The van der Waals surface area contributed by atoms with Crippen molar-refractivity contribution in [2.75, 3.05) is 20.3 Å². The van der Waals surface area contributed by atoms with Crippen LogP contribution in [0.4, 0.5) is 9.18 Å². The van der Waals surface area contributed by atoms with Gasteiger partial charge in [0, 0.05) is 36.5 Å². The zero-order valence-corrected chi connectivity index (χ0v) is 27.2. The number of ether oxygens (including phenoxy) is 3. The minimum atomic E-state index is -0.551. The fraction of sp³-hybridized carbons (Fsp3) is 0.588. The van der Waals surface area contributed by atoms with Crippen LogP contribution in [0.5, 0.6) is 11.5 Å². The van der Waals surface area contributed by atoms with Gasteiger partial charge in [0.1, 0.15) is 28.9 Å². The monoisotopic (exact) mass is 636 g/mol. The predicted molar refractivity (Wildman–Crippen MR) is 171 cm³/mol. The summed E-state index contributed by atoms with van der Waals surface area (Å²) in [5, 5.41) is 5.29. The molecule has 2 aliphatic carbocycles. The van der Waals surface area contributed by atoms with E-state index in [-0.39, 0.29) is 23.7 Å². The summed E-state index contributed by atoms with van der Waals surface area (Å²) in [5.74, 6) is 0.752. The van der Waals surface area contributed by atoms with Crippen LogP contribution in [0.2, 0.25) is 0 Å². The van der Waals surface area contributed by atoms with Crippen molar-refractivity contribution in [3.05, 3.63) is 36.0 Å². The first-order chi connectivity index (χ1) is 22.1. The van der Waals surface area contributed by atoms with Gasteiger partial charge >= 0.3 is 6.09 Å². The number of hydrazine groups is 1. The fourth-order valence-corrected chi connectivity index (χ4v) is 6.72. The first-order valence-corrected chi connectivity index (χ1v) is 16.5. The molecular weight excluding hydrogens is 591 g/mol. The van der Waals surface area contributed by atoms with E-state index in [0.717, 1.165) is 64.3 Å². The van der Waals surface area contributed by atoms with Crippen LogP contribution < -0.4 is 20.2 Å². The van der Waals surface area contributed by atoms with Crippen LogP contribution in [0.25, 0.3) is 22.3 Å². The van der Waals surface area contributed by atoms with Crippen molar-refractivity contribution in [1.29, 1.82) is 0 Å². The number of carbonyl (C=O) groups is 2. The number of piperidine rings is 1. The molecule has 3 aromatic rings. The number of aromatic nitrogens is 3. The Kier molecular flexibility index (Phi) is 9.35. The molecule has 0 spiro atoms. The average Bonchev–Trinajstić information content (AvgIpc) is 3.75. The first-order valence-electron chi connectivity index (χ1n) is 16.5. The lowest BCUT2D eigenvalue weighted by atomic mass is 9.78. The molecule has 3 aliphatic rings. The van der Waals surface area contributed by atoms with Gasteiger partial charge in [-0.3, -0.25) is 10.2 Å². The number of benzene rings is 1. The molecule has 6 rings (SSSR count). The number of methoxy groups -OCH3 is 1. The van der Waals surface area contributed by atoms with E-state index < -0.39 is 17.5 Å². The van der Waals surface area contributed by atoms with Crippen molar-refractivity contribution in [2.45, 2.75) is 96.2 Å².